The maximum atomic E-state index is 4.45. The SMILES string of the molecule is C1=C\c2ncccc2CCCc2ccccc2/1. The standard InChI is InChI=1S/C16H15N/c1-2-6-14-10-11-16-15(9-4-12-17-16)8-3-7-13(14)5-1/h1-2,4-6,9-12H,3,7-8H2/b11-10-. The summed E-state index contributed by atoms with van der Waals surface area (Å²) >= 11 is 0. The van der Waals surface area contributed by atoms with Crippen LogP contribution in [0, 0.1) is 0 Å². The maximum absolute atomic E-state index is 4.45. The smallest absolute Gasteiger partial charge is 0.0661 e. The monoisotopic (exact) mass is 221 g/mol. The van der Waals surface area contributed by atoms with Crippen LogP contribution in [0.2, 0.25) is 0 Å². The molecule has 0 amide bonds. The van der Waals surface area contributed by atoms with Crippen molar-refractivity contribution in [3.63, 3.8) is 0 Å². The minimum atomic E-state index is 1.11. The molecule has 1 aromatic carbocycles. The average molecular weight is 221 g/mol. The first-order valence-corrected chi connectivity index (χ1v) is 6.13. The van der Waals surface area contributed by atoms with Gasteiger partial charge in [-0.1, -0.05) is 36.4 Å². The van der Waals surface area contributed by atoms with Gasteiger partial charge in [0.1, 0.15) is 0 Å². The maximum Gasteiger partial charge on any atom is 0.0661 e. The third-order valence-corrected chi connectivity index (χ3v) is 3.29. The van der Waals surface area contributed by atoms with Gasteiger partial charge in [0.2, 0.25) is 0 Å². The van der Waals surface area contributed by atoms with Gasteiger partial charge in [-0.05, 0) is 48.1 Å². The zero-order valence-electron chi connectivity index (χ0n) is 9.76. The van der Waals surface area contributed by atoms with Gasteiger partial charge in [0, 0.05) is 6.20 Å². The van der Waals surface area contributed by atoms with E-state index in [0.717, 1.165) is 18.5 Å². The van der Waals surface area contributed by atoms with E-state index in [9.17, 15) is 0 Å². The molecular weight excluding hydrogens is 206 g/mol. The summed E-state index contributed by atoms with van der Waals surface area (Å²) in [5.41, 5.74) is 5.24. The van der Waals surface area contributed by atoms with Crippen LogP contribution in [0.25, 0.3) is 12.2 Å². The molecule has 0 fully saturated rings. The minimum absolute atomic E-state index is 1.11. The predicted octanol–water partition coefficient (Wildman–Crippen LogP) is 3.74. The normalized spacial score (nSPS) is 16.0. The first-order valence-electron chi connectivity index (χ1n) is 6.13. The Balaban J connectivity index is 2.06. The highest BCUT2D eigenvalue weighted by Gasteiger charge is 2.05. The van der Waals surface area contributed by atoms with Crippen LogP contribution in [0.15, 0.2) is 42.6 Å². The topological polar surface area (TPSA) is 12.9 Å². The van der Waals surface area contributed by atoms with Crippen molar-refractivity contribution in [3.05, 3.63) is 65.0 Å². The highest BCUT2D eigenvalue weighted by molar-refractivity contribution is 5.71. The molecule has 0 atom stereocenters. The fourth-order valence-corrected chi connectivity index (χ4v) is 2.37. The third-order valence-electron chi connectivity index (χ3n) is 3.29. The van der Waals surface area contributed by atoms with Crippen molar-refractivity contribution in [2.45, 2.75) is 19.3 Å². The molecule has 0 bridgehead atoms. The molecule has 0 aliphatic heterocycles. The van der Waals surface area contributed by atoms with Gasteiger partial charge in [-0.2, -0.15) is 0 Å². The van der Waals surface area contributed by atoms with Crippen LogP contribution in [0.3, 0.4) is 0 Å². The highest BCUT2D eigenvalue weighted by Crippen LogP contribution is 2.20. The lowest BCUT2D eigenvalue weighted by atomic mass is 10.0. The average Bonchev–Trinajstić information content (AvgIpc) is 2.47. The molecular formula is C16H15N. The number of rotatable bonds is 0. The lowest BCUT2D eigenvalue weighted by Crippen LogP contribution is -1.93. The van der Waals surface area contributed by atoms with Gasteiger partial charge < -0.3 is 0 Å². The van der Waals surface area contributed by atoms with Crippen molar-refractivity contribution in [1.82, 2.24) is 4.98 Å². The van der Waals surface area contributed by atoms with Crippen molar-refractivity contribution >= 4 is 12.2 Å². The summed E-state index contributed by atoms with van der Waals surface area (Å²) in [5, 5.41) is 0. The number of benzene rings is 1. The number of aromatic nitrogens is 1. The molecule has 1 heterocycles. The number of hydrogen-bond donors (Lipinski definition) is 0. The summed E-state index contributed by atoms with van der Waals surface area (Å²) in [6.07, 6.45) is 9.65. The second-order valence-electron chi connectivity index (χ2n) is 4.43. The molecule has 1 nitrogen and oxygen atoms in total. The van der Waals surface area contributed by atoms with Crippen LogP contribution in [-0.4, -0.2) is 4.98 Å². The Morgan fingerprint density at radius 3 is 2.65 bits per heavy atom. The Kier molecular flexibility index (Phi) is 2.74. The second-order valence-corrected chi connectivity index (χ2v) is 4.43. The highest BCUT2D eigenvalue weighted by atomic mass is 14.7. The Morgan fingerprint density at radius 1 is 0.824 bits per heavy atom. The molecule has 17 heavy (non-hydrogen) atoms. The van der Waals surface area contributed by atoms with Crippen molar-refractivity contribution in [1.29, 1.82) is 0 Å². The Labute approximate surface area is 102 Å². The minimum Gasteiger partial charge on any atom is -0.257 e. The molecule has 3 rings (SSSR count). The van der Waals surface area contributed by atoms with Crippen LogP contribution in [0.4, 0.5) is 0 Å². The molecule has 0 saturated carbocycles. The van der Waals surface area contributed by atoms with E-state index in [2.05, 4.69) is 47.5 Å². The van der Waals surface area contributed by atoms with Crippen molar-refractivity contribution in [3.8, 4) is 0 Å². The molecule has 1 aliphatic carbocycles. The van der Waals surface area contributed by atoms with E-state index in [1.807, 2.05) is 12.3 Å². The van der Waals surface area contributed by atoms with E-state index in [1.165, 1.54) is 23.1 Å². The van der Waals surface area contributed by atoms with Crippen molar-refractivity contribution < 1.29 is 0 Å². The molecule has 1 aromatic heterocycles. The fourth-order valence-electron chi connectivity index (χ4n) is 2.37. The van der Waals surface area contributed by atoms with Crippen molar-refractivity contribution in [2.75, 3.05) is 0 Å². The number of pyridine rings is 1. The van der Waals surface area contributed by atoms with Gasteiger partial charge in [0.05, 0.1) is 5.69 Å². The summed E-state index contributed by atoms with van der Waals surface area (Å²) in [5.74, 6) is 0. The van der Waals surface area contributed by atoms with Crippen LogP contribution >= 0.6 is 0 Å². The van der Waals surface area contributed by atoms with Crippen LogP contribution in [0.5, 0.6) is 0 Å². The van der Waals surface area contributed by atoms with E-state index in [1.54, 1.807) is 0 Å². The van der Waals surface area contributed by atoms with Crippen LogP contribution in [-0.2, 0) is 12.8 Å². The summed E-state index contributed by atoms with van der Waals surface area (Å²) in [6, 6.07) is 12.8. The van der Waals surface area contributed by atoms with E-state index in [-0.39, 0.29) is 0 Å². The molecule has 0 radical (unpaired) electrons. The Morgan fingerprint density at radius 2 is 1.65 bits per heavy atom. The van der Waals surface area contributed by atoms with E-state index < -0.39 is 0 Å². The van der Waals surface area contributed by atoms with Gasteiger partial charge in [0.25, 0.3) is 0 Å². The van der Waals surface area contributed by atoms with Gasteiger partial charge in [-0.25, -0.2) is 0 Å². The third kappa shape index (κ3) is 2.14. The Bertz CT molecular complexity index is 505. The van der Waals surface area contributed by atoms with Gasteiger partial charge in [-0.3, -0.25) is 4.98 Å². The molecule has 0 saturated heterocycles. The predicted molar refractivity (Wildman–Crippen MR) is 71.6 cm³/mol. The first-order chi connectivity index (χ1) is 8.43. The molecule has 0 unspecified atom stereocenters. The van der Waals surface area contributed by atoms with Crippen LogP contribution < -0.4 is 0 Å². The molecule has 0 spiro atoms. The number of nitrogens with zero attached hydrogens (tertiary/aromatic N) is 1. The zero-order valence-corrected chi connectivity index (χ0v) is 9.76. The summed E-state index contributed by atoms with van der Waals surface area (Å²) in [6.45, 7) is 0. The zero-order chi connectivity index (χ0) is 11.5. The number of fused-ring (bicyclic) bond motifs is 2. The molecule has 0 N–H and O–H groups in total. The van der Waals surface area contributed by atoms with E-state index >= 15 is 0 Å². The lowest BCUT2D eigenvalue weighted by Gasteiger charge is -2.04. The summed E-state index contributed by atoms with van der Waals surface area (Å²) in [4.78, 5) is 4.45. The van der Waals surface area contributed by atoms with Gasteiger partial charge in [-0.15, -0.1) is 0 Å². The van der Waals surface area contributed by atoms with E-state index in [0.29, 0.717) is 0 Å². The second kappa shape index (κ2) is 4.54. The fraction of sp³-hybridized carbons (Fsp3) is 0.188. The summed E-state index contributed by atoms with van der Waals surface area (Å²) in [7, 11) is 0. The van der Waals surface area contributed by atoms with Gasteiger partial charge >= 0.3 is 0 Å². The number of hydrogen-bond acceptors (Lipinski definition) is 1. The summed E-state index contributed by atoms with van der Waals surface area (Å²) < 4.78 is 0. The Hall–Kier alpha value is -1.89. The molecule has 84 valence electrons. The quantitative estimate of drug-likeness (QED) is 0.660. The van der Waals surface area contributed by atoms with Gasteiger partial charge in [0.15, 0.2) is 0 Å². The lowest BCUT2D eigenvalue weighted by molar-refractivity contribution is 0.815. The van der Waals surface area contributed by atoms with Crippen LogP contribution in [0.1, 0.15) is 28.8 Å². The number of aryl methyl sites for hydroxylation is 2. The van der Waals surface area contributed by atoms with E-state index in [4.69, 9.17) is 0 Å². The molecule has 1 heteroatoms. The van der Waals surface area contributed by atoms with Crippen molar-refractivity contribution in [2.24, 2.45) is 0 Å². The largest absolute Gasteiger partial charge is 0.257 e. The molecule has 1 aliphatic rings. The molecule has 2 aromatic rings. The first kappa shape index (κ1) is 10.3.